The Hall–Kier alpha value is -1.06. The minimum Gasteiger partial charge on any atom is -0.493 e. The Morgan fingerprint density at radius 2 is 1.74 bits per heavy atom. The predicted octanol–water partition coefficient (Wildman–Crippen LogP) is 3.22. The van der Waals surface area contributed by atoms with E-state index in [0.717, 1.165) is 51.2 Å². The predicted molar refractivity (Wildman–Crippen MR) is 79.8 cm³/mol. The minimum atomic E-state index is 0.715. The van der Waals surface area contributed by atoms with Crippen molar-refractivity contribution in [3.8, 4) is 5.75 Å². The minimum absolute atomic E-state index is 0.715. The fourth-order valence-corrected chi connectivity index (χ4v) is 1.85. The van der Waals surface area contributed by atoms with Gasteiger partial charge in [-0.15, -0.1) is 0 Å². The molecule has 2 N–H and O–H groups in total. The smallest absolute Gasteiger partial charge is 0.122 e. The number of nitrogens with two attached hydrogens (primary N) is 1. The van der Waals surface area contributed by atoms with Crippen LogP contribution in [0.1, 0.15) is 36.8 Å². The molecule has 0 radical (unpaired) electrons. The van der Waals surface area contributed by atoms with E-state index in [4.69, 9.17) is 15.2 Å². The van der Waals surface area contributed by atoms with Crippen LogP contribution in [0.3, 0.4) is 0 Å². The molecule has 0 saturated carbocycles. The lowest BCUT2D eigenvalue weighted by Gasteiger charge is -2.10. The van der Waals surface area contributed by atoms with Crippen molar-refractivity contribution >= 4 is 0 Å². The lowest BCUT2D eigenvalue weighted by molar-refractivity contribution is 0.116. The van der Waals surface area contributed by atoms with Gasteiger partial charge in [-0.3, -0.25) is 0 Å². The third-order valence-corrected chi connectivity index (χ3v) is 3.24. The molecule has 0 unspecified atom stereocenters. The molecule has 0 heterocycles. The third kappa shape index (κ3) is 6.60. The quantitative estimate of drug-likeness (QED) is 0.661. The Bertz CT molecular complexity index is 353. The molecule has 19 heavy (non-hydrogen) atoms. The van der Waals surface area contributed by atoms with Crippen molar-refractivity contribution in [1.82, 2.24) is 0 Å². The fraction of sp³-hybridized carbons (Fsp3) is 0.625. The second-order valence-electron chi connectivity index (χ2n) is 4.86. The zero-order valence-electron chi connectivity index (χ0n) is 12.3. The first-order valence-corrected chi connectivity index (χ1v) is 7.22. The standard InChI is InChI=1S/C16H27NO2/c1-14-8-6-9-16(15(14)2)19-13-7-12-18-11-5-3-4-10-17/h6,8-9H,3-5,7,10-13,17H2,1-2H3. The van der Waals surface area contributed by atoms with Crippen LogP contribution in [0.2, 0.25) is 0 Å². The van der Waals surface area contributed by atoms with E-state index in [2.05, 4.69) is 19.9 Å². The summed E-state index contributed by atoms with van der Waals surface area (Å²) in [7, 11) is 0. The number of hydrogen-bond acceptors (Lipinski definition) is 3. The van der Waals surface area contributed by atoms with Gasteiger partial charge in [-0.1, -0.05) is 12.1 Å². The summed E-state index contributed by atoms with van der Waals surface area (Å²) in [6.07, 6.45) is 4.30. The number of rotatable bonds is 10. The van der Waals surface area contributed by atoms with Crippen LogP contribution in [0.5, 0.6) is 5.75 Å². The Labute approximate surface area is 117 Å². The SMILES string of the molecule is Cc1cccc(OCCCOCCCCCN)c1C. The Balaban J connectivity index is 2.03. The maximum Gasteiger partial charge on any atom is 0.122 e. The van der Waals surface area contributed by atoms with E-state index in [-0.39, 0.29) is 0 Å². The fourth-order valence-electron chi connectivity index (χ4n) is 1.85. The summed E-state index contributed by atoms with van der Waals surface area (Å²) in [6, 6.07) is 6.16. The Kier molecular flexibility index (Phi) is 8.26. The summed E-state index contributed by atoms with van der Waals surface area (Å²) >= 11 is 0. The summed E-state index contributed by atoms with van der Waals surface area (Å²) in [4.78, 5) is 0. The average molecular weight is 265 g/mol. The van der Waals surface area contributed by atoms with Crippen LogP contribution >= 0.6 is 0 Å². The lowest BCUT2D eigenvalue weighted by Crippen LogP contribution is -2.05. The molecule has 0 aliphatic carbocycles. The van der Waals surface area contributed by atoms with Crippen LogP contribution in [-0.4, -0.2) is 26.4 Å². The molecule has 0 aliphatic rings. The van der Waals surface area contributed by atoms with Gasteiger partial charge < -0.3 is 15.2 Å². The van der Waals surface area contributed by atoms with Crippen LogP contribution in [0, 0.1) is 13.8 Å². The van der Waals surface area contributed by atoms with Crippen molar-refractivity contribution in [3.05, 3.63) is 29.3 Å². The molecule has 0 aromatic heterocycles. The van der Waals surface area contributed by atoms with Gasteiger partial charge in [0.2, 0.25) is 0 Å². The van der Waals surface area contributed by atoms with E-state index in [9.17, 15) is 0 Å². The summed E-state index contributed by atoms with van der Waals surface area (Å²) in [6.45, 7) is 7.30. The van der Waals surface area contributed by atoms with Crippen LogP contribution in [-0.2, 0) is 4.74 Å². The first-order chi connectivity index (χ1) is 9.25. The van der Waals surface area contributed by atoms with Gasteiger partial charge in [0.15, 0.2) is 0 Å². The highest BCUT2D eigenvalue weighted by Crippen LogP contribution is 2.20. The van der Waals surface area contributed by atoms with Crippen LogP contribution < -0.4 is 10.5 Å². The number of benzene rings is 1. The Morgan fingerprint density at radius 1 is 0.947 bits per heavy atom. The van der Waals surface area contributed by atoms with Gasteiger partial charge in [0.05, 0.1) is 6.61 Å². The number of hydrogen-bond donors (Lipinski definition) is 1. The zero-order chi connectivity index (χ0) is 13.9. The van der Waals surface area contributed by atoms with E-state index in [1.54, 1.807) is 0 Å². The molecule has 3 nitrogen and oxygen atoms in total. The van der Waals surface area contributed by atoms with Gasteiger partial charge in [0.25, 0.3) is 0 Å². The molecular weight excluding hydrogens is 238 g/mol. The molecule has 1 rings (SSSR count). The molecule has 1 aromatic carbocycles. The molecule has 0 bridgehead atoms. The molecule has 3 heteroatoms. The molecule has 0 atom stereocenters. The average Bonchev–Trinajstić information content (AvgIpc) is 2.41. The van der Waals surface area contributed by atoms with Gasteiger partial charge in [-0.05, 0) is 56.8 Å². The van der Waals surface area contributed by atoms with Gasteiger partial charge >= 0.3 is 0 Å². The van der Waals surface area contributed by atoms with Crippen LogP contribution in [0.25, 0.3) is 0 Å². The highest BCUT2D eigenvalue weighted by atomic mass is 16.5. The summed E-state index contributed by atoms with van der Waals surface area (Å²) < 4.78 is 11.3. The summed E-state index contributed by atoms with van der Waals surface area (Å²) in [5.74, 6) is 0.989. The van der Waals surface area contributed by atoms with Gasteiger partial charge in [0, 0.05) is 19.6 Å². The van der Waals surface area contributed by atoms with Gasteiger partial charge in [0.1, 0.15) is 5.75 Å². The first-order valence-electron chi connectivity index (χ1n) is 7.22. The molecule has 1 aromatic rings. The van der Waals surface area contributed by atoms with E-state index < -0.39 is 0 Å². The molecule has 0 saturated heterocycles. The highest BCUT2D eigenvalue weighted by molar-refractivity contribution is 5.38. The van der Waals surface area contributed by atoms with Crippen molar-refractivity contribution in [2.45, 2.75) is 39.5 Å². The second-order valence-corrected chi connectivity index (χ2v) is 4.86. The number of aryl methyl sites for hydroxylation is 1. The molecule has 0 fully saturated rings. The van der Waals surface area contributed by atoms with Crippen LogP contribution in [0.15, 0.2) is 18.2 Å². The largest absolute Gasteiger partial charge is 0.493 e. The highest BCUT2D eigenvalue weighted by Gasteiger charge is 2.01. The topological polar surface area (TPSA) is 44.5 Å². The van der Waals surface area contributed by atoms with E-state index in [1.165, 1.54) is 11.1 Å². The molecular formula is C16H27NO2. The summed E-state index contributed by atoms with van der Waals surface area (Å²) in [5.41, 5.74) is 7.93. The van der Waals surface area contributed by atoms with E-state index in [0.29, 0.717) is 6.61 Å². The molecule has 108 valence electrons. The second kappa shape index (κ2) is 9.82. The van der Waals surface area contributed by atoms with E-state index in [1.807, 2.05) is 12.1 Å². The maximum atomic E-state index is 5.77. The van der Waals surface area contributed by atoms with Gasteiger partial charge in [-0.2, -0.15) is 0 Å². The third-order valence-electron chi connectivity index (χ3n) is 3.24. The first kappa shape index (κ1) is 16.0. The van der Waals surface area contributed by atoms with E-state index >= 15 is 0 Å². The molecule has 0 aliphatic heterocycles. The number of unbranched alkanes of at least 4 members (excludes halogenated alkanes) is 2. The summed E-state index contributed by atoms with van der Waals surface area (Å²) in [5, 5.41) is 0. The van der Waals surface area contributed by atoms with Crippen molar-refractivity contribution in [2.75, 3.05) is 26.4 Å². The molecule has 0 spiro atoms. The van der Waals surface area contributed by atoms with Crippen molar-refractivity contribution < 1.29 is 9.47 Å². The molecule has 0 amide bonds. The normalized spacial score (nSPS) is 10.7. The maximum absolute atomic E-state index is 5.77. The van der Waals surface area contributed by atoms with Crippen molar-refractivity contribution in [3.63, 3.8) is 0 Å². The zero-order valence-corrected chi connectivity index (χ0v) is 12.3. The van der Waals surface area contributed by atoms with Crippen LogP contribution in [0.4, 0.5) is 0 Å². The van der Waals surface area contributed by atoms with Crippen molar-refractivity contribution in [2.24, 2.45) is 5.73 Å². The number of ether oxygens (including phenoxy) is 2. The van der Waals surface area contributed by atoms with Crippen molar-refractivity contribution in [1.29, 1.82) is 0 Å². The Morgan fingerprint density at radius 3 is 2.53 bits per heavy atom. The monoisotopic (exact) mass is 265 g/mol. The van der Waals surface area contributed by atoms with Gasteiger partial charge in [-0.25, -0.2) is 0 Å². The lowest BCUT2D eigenvalue weighted by atomic mass is 10.1.